The third kappa shape index (κ3) is 5.03. The minimum atomic E-state index is 0.548. The number of hydrogen-bond acceptors (Lipinski definition) is 0. The zero-order valence-electron chi connectivity index (χ0n) is 19.1. The van der Waals surface area contributed by atoms with Gasteiger partial charge >= 0.3 is 0 Å². The molecule has 3 saturated carbocycles. The number of fused-ring (bicyclic) bond motifs is 1. The van der Waals surface area contributed by atoms with E-state index in [-0.39, 0.29) is 0 Å². The lowest BCUT2D eigenvalue weighted by Crippen LogP contribution is -2.36. The molecule has 0 heterocycles. The van der Waals surface area contributed by atoms with Gasteiger partial charge in [-0.2, -0.15) is 0 Å². The van der Waals surface area contributed by atoms with Gasteiger partial charge in [-0.25, -0.2) is 0 Å². The van der Waals surface area contributed by atoms with Gasteiger partial charge in [0.15, 0.2) is 0 Å². The predicted octanol–water partition coefficient (Wildman–Crippen LogP) is 8.50. The Kier molecular flexibility index (Phi) is 7.69. The molecule has 0 aromatic rings. The first-order valence-corrected chi connectivity index (χ1v) is 12.8. The molecule has 0 N–H and O–H groups in total. The lowest BCUT2D eigenvalue weighted by atomic mass is 9.60. The molecule has 0 spiro atoms. The molecule has 0 aromatic carbocycles. The summed E-state index contributed by atoms with van der Waals surface area (Å²) < 4.78 is 0. The first-order valence-electron chi connectivity index (χ1n) is 12.1. The highest BCUT2D eigenvalue weighted by Crippen LogP contribution is 2.60. The standard InChI is InChI=1S/C27H45P/c1-19(2)8-6-9-21(4)25-15-16-26-22(10-7-17-27(25,26)5)12-13-23-18-24(28)14-11-20(23)3/h12-13,19,21,24-26H,3,6-11,14-18,28H2,1-2,4-5H3/b22-12+,23-13-. The van der Waals surface area contributed by atoms with E-state index in [0.29, 0.717) is 5.41 Å². The van der Waals surface area contributed by atoms with E-state index in [0.717, 1.165) is 29.3 Å². The first-order chi connectivity index (χ1) is 13.3. The van der Waals surface area contributed by atoms with E-state index in [1.165, 1.54) is 81.8 Å². The molecule has 3 rings (SSSR count). The largest absolute Gasteiger partial charge is 0.134 e. The molecule has 0 bridgehead atoms. The van der Waals surface area contributed by atoms with Crippen molar-refractivity contribution in [1.29, 1.82) is 0 Å². The van der Waals surface area contributed by atoms with Gasteiger partial charge in [0.2, 0.25) is 0 Å². The molecule has 1 heteroatoms. The predicted molar refractivity (Wildman–Crippen MR) is 129 cm³/mol. The van der Waals surface area contributed by atoms with E-state index >= 15 is 0 Å². The smallest absolute Gasteiger partial charge is 0.0143 e. The summed E-state index contributed by atoms with van der Waals surface area (Å²) in [5.41, 5.74) is 5.96. The van der Waals surface area contributed by atoms with Gasteiger partial charge in [-0.3, -0.25) is 0 Å². The molecule has 0 saturated heterocycles. The number of hydrogen-bond donors (Lipinski definition) is 0. The van der Waals surface area contributed by atoms with E-state index in [1.807, 2.05) is 0 Å². The van der Waals surface area contributed by atoms with E-state index in [1.54, 1.807) is 5.57 Å². The summed E-state index contributed by atoms with van der Waals surface area (Å²) in [5, 5.41) is 0. The van der Waals surface area contributed by atoms with Crippen LogP contribution >= 0.6 is 9.24 Å². The van der Waals surface area contributed by atoms with E-state index in [4.69, 9.17) is 0 Å². The summed E-state index contributed by atoms with van der Waals surface area (Å²) in [6, 6.07) is 0. The molecule has 6 atom stereocenters. The van der Waals surface area contributed by atoms with Crippen LogP contribution in [0.2, 0.25) is 0 Å². The summed E-state index contributed by atoms with van der Waals surface area (Å²) in [7, 11) is 3.03. The lowest BCUT2D eigenvalue weighted by molar-refractivity contribution is 0.0929. The van der Waals surface area contributed by atoms with Crippen LogP contribution in [0.4, 0.5) is 0 Å². The van der Waals surface area contributed by atoms with E-state index < -0.39 is 0 Å². The molecule has 0 nitrogen and oxygen atoms in total. The van der Waals surface area contributed by atoms with Crippen LogP contribution < -0.4 is 0 Å². The third-order valence-corrected chi connectivity index (χ3v) is 8.99. The summed E-state index contributed by atoms with van der Waals surface area (Å²) in [6.07, 6.45) is 20.0. The van der Waals surface area contributed by atoms with E-state index in [9.17, 15) is 0 Å². The van der Waals surface area contributed by atoms with Gasteiger partial charge in [0.25, 0.3) is 0 Å². The molecule has 28 heavy (non-hydrogen) atoms. The summed E-state index contributed by atoms with van der Waals surface area (Å²) in [5.74, 6) is 3.51. The van der Waals surface area contributed by atoms with Crippen molar-refractivity contribution in [3.63, 3.8) is 0 Å². The Morgan fingerprint density at radius 3 is 2.64 bits per heavy atom. The monoisotopic (exact) mass is 400 g/mol. The van der Waals surface area contributed by atoms with Crippen LogP contribution in [-0.4, -0.2) is 5.66 Å². The topological polar surface area (TPSA) is 0 Å². The second-order valence-electron chi connectivity index (χ2n) is 10.9. The Balaban J connectivity index is 1.70. The SMILES string of the molecule is C=C1CCC(P)C/C1=C/C=C1\CCCC2(C)C1CCC2C(C)CCCC(C)C. The van der Waals surface area contributed by atoms with Gasteiger partial charge in [-0.05, 0) is 91.7 Å². The van der Waals surface area contributed by atoms with Crippen LogP contribution in [0.5, 0.6) is 0 Å². The maximum absolute atomic E-state index is 4.34. The van der Waals surface area contributed by atoms with Gasteiger partial charge in [0.1, 0.15) is 0 Å². The van der Waals surface area contributed by atoms with Crippen LogP contribution in [0, 0.1) is 29.1 Å². The van der Waals surface area contributed by atoms with Crippen molar-refractivity contribution in [2.75, 3.05) is 0 Å². The summed E-state index contributed by atoms with van der Waals surface area (Å²) in [4.78, 5) is 0. The van der Waals surface area contributed by atoms with Gasteiger partial charge in [-0.15, -0.1) is 9.24 Å². The minimum absolute atomic E-state index is 0.548. The fourth-order valence-electron chi connectivity index (χ4n) is 6.71. The number of allylic oxidation sites excluding steroid dienone is 5. The summed E-state index contributed by atoms with van der Waals surface area (Å²) >= 11 is 0. The maximum Gasteiger partial charge on any atom is -0.0143 e. The van der Waals surface area contributed by atoms with Gasteiger partial charge in [0.05, 0.1) is 0 Å². The number of rotatable bonds is 6. The second-order valence-corrected chi connectivity index (χ2v) is 11.9. The molecular weight excluding hydrogens is 355 g/mol. The third-order valence-electron chi connectivity index (χ3n) is 8.42. The van der Waals surface area contributed by atoms with Crippen molar-refractivity contribution < 1.29 is 0 Å². The van der Waals surface area contributed by atoms with Crippen LogP contribution in [0.3, 0.4) is 0 Å². The maximum atomic E-state index is 4.34. The van der Waals surface area contributed by atoms with Crippen LogP contribution in [-0.2, 0) is 0 Å². The molecule has 3 aliphatic rings. The summed E-state index contributed by atoms with van der Waals surface area (Å²) in [6.45, 7) is 14.3. The van der Waals surface area contributed by atoms with Crippen LogP contribution in [0.15, 0.2) is 35.5 Å². The van der Waals surface area contributed by atoms with Crippen molar-refractivity contribution in [1.82, 2.24) is 0 Å². The van der Waals surface area contributed by atoms with Gasteiger partial charge in [0, 0.05) is 0 Å². The highest BCUT2D eigenvalue weighted by atomic mass is 31.0. The molecule has 0 aromatic heterocycles. The highest BCUT2D eigenvalue weighted by Gasteiger charge is 2.50. The fourth-order valence-corrected chi connectivity index (χ4v) is 7.13. The Bertz CT molecular complexity index is 610. The molecular formula is C27H45P. The Labute approximate surface area is 177 Å². The molecule has 158 valence electrons. The molecule has 3 aliphatic carbocycles. The Hall–Kier alpha value is -0.350. The lowest BCUT2D eigenvalue weighted by Gasteiger charge is -2.44. The molecule has 3 fully saturated rings. The van der Waals surface area contributed by atoms with Gasteiger partial charge < -0.3 is 0 Å². The average Bonchev–Trinajstić information content (AvgIpc) is 2.99. The first kappa shape index (κ1) is 22.3. The molecule has 0 amide bonds. The second kappa shape index (κ2) is 9.64. The Morgan fingerprint density at radius 1 is 1.11 bits per heavy atom. The zero-order valence-corrected chi connectivity index (χ0v) is 20.3. The van der Waals surface area contributed by atoms with Crippen molar-refractivity contribution in [2.24, 2.45) is 29.1 Å². The quantitative estimate of drug-likeness (QED) is 0.392. The van der Waals surface area contributed by atoms with Crippen molar-refractivity contribution in [3.05, 3.63) is 35.5 Å². The van der Waals surface area contributed by atoms with Crippen molar-refractivity contribution >= 4 is 9.24 Å². The highest BCUT2D eigenvalue weighted by molar-refractivity contribution is 7.17. The normalized spacial score (nSPS) is 37.6. The van der Waals surface area contributed by atoms with Crippen LogP contribution in [0.1, 0.15) is 98.3 Å². The van der Waals surface area contributed by atoms with Crippen LogP contribution in [0.25, 0.3) is 0 Å². The molecule has 6 unspecified atom stereocenters. The fraction of sp³-hybridized carbons (Fsp3) is 0.778. The van der Waals surface area contributed by atoms with Crippen molar-refractivity contribution in [3.8, 4) is 0 Å². The average molecular weight is 401 g/mol. The zero-order chi connectivity index (χ0) is 20.3. The molecule has 0 aliphatic heterocycles. The Morgan fingerprint density at radius 2 is 1.89 bits per heavy atom. The van der Waals surface area contributed by atoms with Gasteiger partial charge in [-0.1, -0.05) is 76.8 Å². The molecule has 0 radical (unpaired) electrons. The van der Waals surface area contributed by atoms with E-state index in [2.05, 4.69) is 55.7 Å². The minimum Gasteiger partial charge on any atom is -0.134 e. The van der Waals surface area contributed by atoms with Crippen molar-refractivity contribution in [2.45, 2.75) is 104 Å².